The van der Waals surface area contributed by atoms with E-state index in [1.165, 1.54) is 0 Å². The summed E-state index contributed by atoms with van der Waals surface area (Å²) in [5, 5.41) is 0. The highest BCUT2D eigenvalue weighted by molar-refractivity contribution is 6.61. The van der Waals surface area contributed by atoms with Crippen molar-refractivity contribution in [2.24, 2.45) is 0 Å². The van der Waals surface area contributed by atoms with Crippen molar-refractivity contribution in [2.45, 2.75) is 57.5 Å². The van der Waals surface area contributed by atoms with Crippen LogP contribution < -0.4 is 5.59 Å². The molecule has 0 atom stereocenters. The fourth-order valence-electron chi connectivity index (χ4n) is 1.98. The molecule has 0 radical (unpaired) electrons. The SMILES string of the molecule is [2H]c1nc(C2([2H])C([2H])([2H])COCC2([2H])[2H])c([2H])nc1B1OC(C)(C)C(C)(C)O1. The molecule has 5 nitrogen and oxygen atoms in total. The molecule has 0 N–H and O–H groups in total. The first-order chi connectivity index (χ1) is 12.6. The molecule has 0 amide bonds. The lowest BCUT2D eigenvalue weighted by Crippen LogP contribution is -2.41. The molecule has 21 heavy (non-hydrogen) atoms. The molecule has 2 aliphatic heterocycles. The predicted molar refractivity (Wildman–Crippen MR) is 80.5 cm³/mol. The maximum absolute atomic E-state index is 8.61. The van der Waals surface area contributed by atoms with Crippen molar-refractivity contribution in [1.82, 2.24) is 9.97 Å². The number of rotatable bonds is 2. The Hall–Kier alpha value is -0.975. The van der Waals surface area contributed by atoms with E-state index in [9.17, 15) is 0 Å². The van der Waals surface area contributed by atoms with Crippen LogP contribution in [0.2, 0.25) is 0 Å². The fraction of sp³-hybridized carbons (Fsp3) is 0.733. The minimum atomic E-state index is -2.56. The van der Waals surface area contributed by atoms with Crippen LogP contribution in [-0.2, 0) is 14.0 Å². The zero-order valence-electron chi connectivity index (χ0n) is 19.6. The molecule has 3 heterocycles. The first-order valence-corrected chi connectivity index (χ1v) is 6.85. The molecule has 2 saturated heterocycles. The number of ether oxygens (including phenoxy) is 1. The van der Waals surface area contributed by atoms with Crippen molar-refractivity contribution in [3.63, 3.8) is 0 Å². The lowest BCUT2D eigenvalue weighted by Gasteiger charge is -2.32. The number of hydrogen-bond acceptors (Lipinski definition) is 5. The van der Waals surface area contributed by atoms with Crippen molar-refractivity contribution in [3.8, 4) is 0 Å². The first-order valence-electron chi connectivity index (χ1n) is 10.3. The Morgan fingerprint density at radius 2 is 1.81 bits per heavy atom. The maximum atomic E-state index is 8.61. The van der Waals surface area contributed by atoms with Crippen LogP contribution in [0.1, 0.15) is 61.6 Å². The largest absolute Gasteiger partial charge is 0.516 e. The van der Waals surface area contributed by atoms with Gasteiger partial charge in [-0.05, 0) is 40.4 Å². The van der Waals surface area contributed by atoms with Gasteiger partial charge in [-0.1, -0.05) is 0 Å². The van der Waals surface area contributed by atoms with Crippen LogP contribution in [-0.4, -0.2) is 41.5 Å². The monoisotopic (exact) mass is 297 g/mol. The molecule has 0 unspecified atom stereocenters. The molecule has 2 fully saturated rings. The summed E-state index contributed by atoms with van der Waals surface area (Å²) in [5.74, 6) is -2.56. The van der Waals surface area contributed by atoms with Crippen LogP contribution >= 0.6 is 0 Å². The number of nitrogens with zero attached hydrogens (tertiary/aromatic N) is 2. The third-order valence-electron chi connectivity index (χ3n) is 3.98. The Bertz CT molecular complexity index is 774. The third kappa shape index (κ3) is 2.85. The normalized spacial score (nSPS) is 36.4. The molecular formula is C15H23BN2O3. The molecule has 3 rings (SSSR count). The van der Waals surface area contributed by atoms with Gasteiger partial charge in [-0.25, -0.2) is 0 Å². The topological polar surface area (TPSA) is 53.5 Å². The van der Waals surface area contributed by atoms with Gasteiger partial charge in [-0.15, -0.1) is 0 Å². The summed E-state index contributed by atoms with van der Waals surface area (Å²) >= 11 is 0. The Kier molecular flexibility index (Phi) is 2.19. The van der Waals surface area contributed by atoms with E-state index in [1.807, 2.05) is 27.7 Å². The summed E-state index contributed by atoms with van der Waals surface area (Å²) in [6, 6.07) is 0. The molecule has 6 heteroatoms. The van der Waals surface area contributed by atoms with Gasteiger partial charge >= 0.3 is 7.12 Å². The van der Waals surface area contributed by atoms with E-state index in [-0.39, 0.29) is 5.59 Å². The van der Waals surface area contributed by atoms with Gasteiger partial charge in [-0.3, -0.25) is 9.97 Å². The summed E-state index contributed by atoms with van der Waals surface area (Å²) in [6.07, 6.45) is -5.99. The average molecular weight is 297 g/mol. The zero-order valence-corrected chi connectivity index (χ0v) is 12.6. The average Bonchev–Trinajstić information content (AvgIpc) is 2.74. The molecule has 114 valence electrons. The van der Waals surface area contributed by atoms with Crippen molar-refractivity contribution in [1.29, 1.82) is 0 Å². The van der Waals surface area contributed by atoms with Crippen LogP contribution in [0.4, 0.5) is 0 Å². The van der Waals surface area contributed by atoms with Gasteiger partial charge in [0.15, 0.2) is 0 Å². The smallest absolute Gasteiger partial charge is 0.398 e. The van der Waals surface area contributed by atoms with Gasteiger partial charge in [-0.2, -0.15) is 0 Å². The summed E-state index contributed by atoms with van der Waals surface area (Å²) in [6.45, 7) is 6.24. The predicted octanol–water partition coefficient (Wildman–Crippen LogP) is 1.67. The van der Waals surface area contributed by atoms with E-state index in [0.717, 1.165) is 0 Å². The number of aromatic nitrogens is 2. The molecule has 0 spiro atoms. The Labute approximate surface area is 136 Å². The minimum Gasteiger partial charge on any atom is -0.398 e. The highest BCUT2D eigenvalue weighted by atomic mass is 16.7. The van der Waals surface area contributed by atoms with Gasteiger partial charge in [0.05, 0.1) is 25.2 Å². The van der Waals surface area contributed by atoms with Gasteiger partial charge in [0.2, 0.25) is 0 Å². The number of hydrogen-bond donors (Lipinski definition) is 0. The lowest BCUT2D eigenvalue weighted by atomic mass is 9.85. The molecule has 0 bridgehead atoms. The zero-order chi connectivity index (χ0) is 21.3. The van der Waals surface area contributed by atoms with E-state index in [1.54, 1.807) is 0 Å². The second-order valence-electron chi connectivity index (χ2n) is 5.99. The van der Waals surface area contributed by atoms with Gasteiger partial charge in [0, 0.05) is 38.3 Å². The van der Waals surface area contributed by atoms with E-state index < -0.39 is 68.2 Å². The van der Waals surface area contributed by atoms with Crippen LogP contribution in [0.15, 0.2) is 12.3 Å². The van der Waals surface area contributed by atoms with E-state index in [2.05, 4.69) is 9.97 Å². The van der Waals surface area contributed by atoms with Gasteiger partial charge < -0.3 is 14.0 Å². The summed E-state index contributed by atoms with van der Waals surface area (Å²) in [7, 11) is -1.05. The van der Waals surface area contributed by atoms with Gasteiger partial charge in [0.1, 0.15) is 0 Å². The van der Waals surface area contributed by atoms with E-state index in [0.29, 0.717) is 0 Å². The standard InChI is InChI=1S/C15H23BN2O3/c1-14(2)15(3,4)21-16(20-14)13-10-17-12(9-18-13)11-5-7-19-8-6-11/h9-11H,5-8H2,1-4H3/i5D2,6D2,9D,10D,11D. The molecule has 0 aromatic carbocycles. The van der Waals surface area contributed by atoms with Crippen LogP contribution in [0.5, 0.6) is 0 Å². The minimum absolute atomic E-state index is 0.0656. The summed E-state index contributed by atoms with van der Waals surface area (Å²) in [4.78, 5) is 7.94. The van der Waals surface area contributed by atoms with Crippen molar-refractivity contribution in [2.75, 3.05) is 13.2 Å². The first kappa shape index (κ1) is 8.60. The lowest BCUT2D eigenvalue weighted by molar-refractivity contribution is 0.00578. The Balaban J connectivity index is 2.09. The highest BCUT2D eigenvalue weighted by Gasteiger charge is 2.52. The molecule has 0 aliphatic carbocycles. The van der Waals surface area contributed by atoms with Crippen LogP contribution in [0.3, 0.4) is 0 Å². The molecule has 0 saturated carbocycles. The third-order valence-corrected chi connectivity index (χ3v) is 3.98. The molecular weight excluding hydrogens is 267 g/mol. The van der Waals surface area contributed by atoms with Crippen molar-refractivity contribution >= 4 is 12.7 Å². The maximum Gasteiger partial charge on any atom is 0.516 e. The second-order valence-corrected chi connectivity index (χ2v) is 5.99. The van der Waals surface area contributed by atoms with Crippen LogP contribution in [0, 0.1) is 0 Å². The Morgan fingerprint density at radius 3 is 2.43 bits per heavy atom. The fourth-order valence-corrected chi connectivity index (χ4v) is 1.98. The Morgan fingerprint density at radius 1 is 1.19 bits per heavy atom. The van der Waals surface area contributed by atoms with E-state index in [4.69, 9.17) is 23.6 Å². The second kappa shape index (κ2) is 5.34. The van der Waals surface area contributed by atoms with Gasteiger partial charge in [0.25, 0.3) is 0 Å². The molecule has 1 aromatic heterocycles. The summed E-state index contributed by atoms with van der Waals surface area (Å²) < 4.78 is 74.2. The van der Waals surface area contributed by atoms with Crippen molar-refractivity contribution < 1.29 is 23.6 Å². The molecule has 1 aromatic rings. The molecule has 2 aliphatic rings. The quantitative estimate of drug-likeness (QED) is 0.777. The van der Waals surface area contributed by atoms with Crippen LogP contribution in [0.25, 0.3) is 0 Å². The summed E-state index contributed by atoms with van der Waals surface area (Å²) in [5.41, 5.74) is -2.00. The van der Waals surface area contributed by atoms with Crippen molar-refractivity contribution in [3.05, 3.63) is 18.0 Å². The van der Waals surface area contributed by atoms with E-state index >= 15 is 0 Å². The highest BCUT2D eigenvalue weighted by Crippen LogP contribution is 2.36.